The van der Waals surface area contributed by atoms with Gasteiger partial charge in [-0.2, -0.15) is 0 Å². The molecule has 1 aliphatic rings. The lowest BCUT2D eigenvalue weighted by Crippen LogP contribution is -2.35. The molecule has 0 saturated carbocycles. The van der Waals surface area contributed by atoms with Gasteiger partial charge in [-0.3, -0.25) is 4.79 Å². The summed E-state index contributed by atoms with van der Waals surface area (Å²) in [5.74, 6) is 0.00995. The average Bonchev–Trinajstić information content (AvgIpc) is 2.45. The topological polar surface area (TPSA) is 59.2 Å². The van der Waals surface area contributed by atoms with Crippen molar-refractivity contribution in [1.82, 2.24) is 4.98 Å². The zero-order valence-corrected chi connectivity index (χ0v) is 11.9. The van der Waals surface area contributed by atoms with E-state index in [0.717, 1.165) is 5.56 Å². The Hall–Kier alpha value is -2.14. The van der Waals surface area contributed by atoms with Crippen LogP contribution in [0.1, 0.15) is 17.7 Å². The predicted molar refractivity (Wildman–Crippen MR) is 79.6 cm³/mol. The zero-order chi connectivity index (χ0) is 15.0. The van der Waals surface area contributed by atoms with Gasteiger partial charge >= 0.3 is 0 Å². The fraction of sp³-hybridized carbons (Fsp3) is 0.200. The summed E-state index contributed by atoms with van der Waals surface area (Å²) in [4.78, 5) is 17.9. The first kappa shape index (κ1) is 13.8. The Bertz CT molecular complexity index is 720. The average molecular weight is 306 g/mol. The van der Waals surface area contributed by atoms with Gasteiger partial charge < -0.3 is 10.6 Å². The highest BCUT2D eigenvalue weighted by molar-refractivity contribution is 6.31. The van der Waals surface area contributed by atoms with E-state index in [2.05, 4.69) is 4.98 Å². The number of nitrogen functional groups attached to an aromatic ring is 1. The number of carbonyl (C=O) groups is 1. The molecule has 1 amide bonds. The van der Waals surface area contributed by atoms with Crippen molar-refractivity contribution in [3.05, 3.63) is 52.4 Å². The quantitative estimate of drug-likeness (QED) is 0.928. The number of anilines is 2. The highest BCUT2D eigenvalue weighted by Gasteiger charge is 2.25. The monoisotopic (exact) mass is 305 g/mol. The number of pyridine rings is 1. The summed E-state index contributed by atoms with van der Waals surface area (Å²) in [5, 5.41) is 0.450. The number of amides is 1. The van der Waals surface area contributed by atoms with Crippen LogP contribution in [0.3, 0.4) is 0 Å². The second-order valence-electron chi connectivity index (χ2n) is 4.92. The van der Waals surface area contributed by atoms with Crippen molar-refractivity contribution in [1.29, 1.82) is 0 Å². The molecule has 21 heavy (non-hydrogen) atoms. The Balaban J connectivity index is 1.98. The van der Waals surface area contributed by atoms with Crippen LogP contribution in [-0.4, -0.2) is 10.9 Å². The normalized spacial score (nSPS) is 14.2. The lowest BCUT2D eigenvalue weighted by Gasteiger charge is -2.29. The maximum Gasteiger partial charge on any atom is 0.227 e. The Morgan fingerprint density at radius 2 is 2.10 bits per heavy atom. The first-order chi connectivity index (χ1) is 10.0. The van der Waals surface area contributed by atoms with Gasteiger partial charge in [-0.1, -0.05) is 11.6 Å². The van der Waals surface area contributed by atoms with Crippen molar-refractivity contribution >= 4 is 29.0 Å². The lowest BCUT2D eigenvalue weighted by molar-refractivity contribution is -0.119. The van der Waals surface area contributed by atoms with E-state index in [1.54, 1.807) is 23.1 Å². The van der Waals surface area contributed by atoms with Crippen LogP contribution in [0.25, 0.3) is 0 Å². The van der Waals surface area contributed by atoms with Gasteiger partial charge in [0.15, 0.2) is 0 Å². The van der Waals surface area contributed by atoms with E-state index in [9.17, 15) is 9.18 Å². The van der Waals surface area contributed by atoms with Gasteiger partial charge in [0, 0.05) is 12.1 Å². The highest BCUT2D eigenvalue weighted by atomic mass is 35.5. The Kier molecular flexibility index (Phi) is 3.51. The third-order valence-corrected chi connectivity index (χ3v) is 3.83. The van der Waals surface area contributed by atoms with E-state index < -0.39 is 0 Å². The molecule has 0 unspecified atom stereocenters. The van der Waals surface area contributed by atoms with Gasteiger partial charge in [-0.25, -0.2) is 9.37 Å². The summed E-state index contributed by atoms with van der Waals surface area (Å²) >= 11 is 6.10. The standard InChI is InChI=1S/C15H13ClFN3O/c16-11-3-5-14(18)19-12(11)8-20-13-4-2-10(17)7-9(13)1-6-15(20)21/h2-5,7H,1,6,8H2,(H2,18,19). The molecule has 0 spiro atoms. The summed E-state index contributed by atoms with van der Waals surface area (Å²) in [5.41, 5.74) is 7.71. The highest BCUT2D eigenvalue weighted by Crippen LogP contribution is 2.30. The van der Waals surface area contributed by atoms with Gasteiger partial charge in [-0.15, -0.1) is 0 Å². The molecule has 2 aromatic rings. The minimum Gasteiger partial charge on any atom is -0.384 e. The molecule has 0 fully saturated rings. The van der Waals surface area contributed by atoms with Crippen molar-refractivity contribution in [2.45, 2.75) is 19.4 Å². The summed E-state index contributed by atoms with van der Waals surface area (Å²) in [6.07, 6.45) is 0.886. The minimum absolute atomic E-state index is 0.0330. The molecule has 4 nitrogen and oxygen atoms in total. The summed E-state index contributed by atoms with van der Waals surface area (Å²) in [6, 6.07) is 7.68. The SMILES string of the molecule is Nc1ccc(Cl)c(CN2C(=O)CCc3cc(F)ccc32)n1. The minimum atomic E-state index is -0.303. The van der Waals surface area contributed by atoms with Crippen LogP contribution in [-0.2, 0) is 17.8 Å². The number of rotatable bonds is 2. The van der Waals surface area contributed by atoms with E-state index in [-0.39, 0.29) is 18.3 Å². The molecular weight excluding hydrogens is 293 g/mol. The Morgan fingerprint density at radius 3 is 2.90 bits per heavy atom. The third kappa shape index (κ3) is 2.69. The van der Waals surface area contributed by atoms with Crippen LogP contribution < -0.4 is 10.6 Å². The number of carbonyl (C=O) groups excluding carboxylic acids is 1. The summed E-state index contributed by atoms with van der Waals surface area (Å²) in [7, 11) is 0. The van der Waals surface area contributed by atoms with Gasteiger partial charge in [0.25, 0.3) is 0 Å². The number of hydrogen-bond acceptors (Lipinski definition) is 3. The molecule has 6 heteroatoms. The molecule has 108 valence electrons. The van der Waals surface area contributed by atoms with E-state index in [1.165, 1.54) is 12.1 Å². The van der Waals surface area contributed by atoms with Crippen molar-refractivity contribution in [2.24, 2.45) is 0 Å². The smallest absolute Gasteiger partial charge is 0.227 e. The number of aryl methyl sites for hydroxylation is 1. The molecule has 0 atom stereocenters. The second-order valence-corrected chi connectivity index (χ2v) is 5.32. The number of nitrogens with zero attached hydrogens (tertiary/aromatic N) is 2. The molecule has 1 aromatic heterocycles. The van der Waals surface area contributed by atoms with Crippen LogP contribution in [0.4, 0.5) is 15.9 Å². The maximum absolute atomic E-state index is 13.3. The van der Waals surface area contributed by atoms with E-state index in [4.69, 9.17) is 17.3 Å². The van der Waals surface area contributed by atoms with Crippen LogP contribution in [0.15, 0.2) is 30.3 Å². The van der Waals surface area contributed by atoms with Gasteiger partial charge in [-0.05, 0) is 42.3 Å². The Labute approximate surface area is 126 Å². The van der Waals surface area contributed by atoms with Crippen LogP contribution in [0.5, 0.6) is 0 Å². The van der Waals surface area contributed by atoms with Crippen molar-refractivity contribution in [3.8, 4) is 0 Å². The third-order valence-electron chi connectivity index (χ3n) is 3.49. The number of benzene rings is 1. The molecule has 1 aliphatic heterocycles. The van der Waals surface area contributed by atoms with E-state index in [0.29, 0.717) is 35.1 Å². The molecule has 2 N–H and O–H groups in total. The molecule has 0 bridgehead atoms. The van der Waals surface area contributed by atoms with Gasteiger partial charge in [0.1, 0.15) is 11.6 Å². The van der Waals surface area contributed by atoms with Gasteiger partial charge in [0.05, 0.1) is 17.3 Å². The van der Waals surface area contributed by atoms with Crippen LogP contribution in [0.2, 0.25) is 5.02 Å². The van der Waals surface area contributed by atoms with E-state index >= 15 is 0 Å². The lowest BCUT2D eigenvalue weighted by atomic mass is 10.0. The molecular formula is C15H13ClFN3O. The van der Waals surface area contributed by atoms with Crippen LogP contribution >= 0.6 is 11.6 Å². The molecule has 0 saturated heterocycles. The zero-order valence-electron chi connectivity index (χ0n) is 11.1. The first-order valence-electron chi connectivity index (χ1n) is 6.54. The Morgan fingerprint density at radius 1 is 1.29 bits per heavy atom. The maximum atomic E-state index is 13.3. The van der Waals surface area contributed by atoms with Crippen molar-refractivity contribution < 1.29 is 9.18 Å². The summed E-state index contributed by atoms with van der Waals surface area (Å²) in [6.45, 7) is 0.224. The van der Waals surface area contributed by atoms with Gasteiger partial charge in [0.2, 0.25) is 5.91 Å². The number of halogens is 2. The fourth-order valence-electron chi connectivity index (χ4n) is 2.46. The molecule has 1 aromatic carbocycles. The number of aromatic nitrogens is 1. The number of hydrogen-bond donors (Lipinski definition) is 1. The molecule has 0 aliphatic carbocycles. The fourth-order valence-corrected chi connectivity index (χ4v) is 2.63. The second kappa shape index (κ2) is 5.33. The summed E-state index contributed by atoms with van der Waals surface area (Å²) < 4.78 is 13.3. The van der Waals surface area contributed by atoms with Crippen LogP contribution in [0, 0.1) is 5.82 Å². The van der Waals surface area contributed by atoms with E-state index in [1.807, 2.05) is 0 Å². The first-order valence-corrected chi connectivity index (χ1v) is 6.92. The molecule has 0 radical (unpaired) electrons. The van der Waals surface area contributed by atoms with Crippen molar-refractivity contribution in [3.63, 3.8) is 0 Å². The molecule has 2 heterocycles. The van der Waals surface area contributed by atoms with Crippen molar-refractivity contribution in [2.75, 3.05) is 10.6 Å². The molecule has 3 rings (SSSR count). The largest absolute Gasteiger partial charge is 0.384 e. The predicted octanol–water partition coefficient (Wildman–Crippen LogP) is 2.94. The number of fused-ring (bicyclic) bond motifs is 1. The number of nitrogens with two attached hydrogens (primary N) is 1.